The SMILES string of the molecule is C[C@H](CNC(=O)Nc1cccc2cnccc12)Oc1cccc(F)c1. The smallest absolute Gasteiger partial charge is 0.319 e. The molecule has 6 heteroatoms. The van der Waals surface area contributed by atoms with Crippen LogP contribution in [0.4, 0.5) is 14.9 Å². The van der Waals surface area contributed by atoms with Gasteiger partial charge in [-0.15, -0.1) is 0 Å². The molecule has 1 aromatic heterocycles. The fourth-order valence-electron chi connectivity index (χ4n) is 2.45. The first-order valence-electron chi connectivity index (χ1n) is 7.91. The number of hydrogen-bond donors (Lipinski definition) is 2. The monoisotopic (exact) mass is 339 g/mol. The van der Waals surface area contributed by atoms with Gasteiger partial charge in [0.05, 0.1) is 12.2 Å². The minimum Gasteiger partial charge on any atom is -0.489 e. The number of hydrogen-bond acceptors (Lipinski definition) is 3. The second-order valence-corrected chi connectivity index (χ2v) is 5.62. The largest absolute Gasteiger partial charge is 0.489 e. The topological polar surface area (TPSA) is 63.2 Å². The highest BCUT2D eigenvalue weighted by Crippen LogP contribution is 2.21. The average Bonchev–Trinajstić information content (AvgIpc) is 2.60. The number of aromatic nitrogens is 1. The molecule has 1 heterocycles. The number of fused-ring (bicyclic) bond motifs is 1. The van der Waals surface area contributed by atoms with Crippen LogP contribution in [0.5, 0.6) is 5.75 Å². The van der Waals surface area contributed by atoms with E-state index in [1.165, 1.54) is 12.1 Å². The minimum absolute atomic E-state index is 0.286. The molecule has 1 atom stereocenters. The van der Waals surface area contributed by atoms with Gasteiger partial charge in [0.1, 0.15) is 17.7 Å². The Bertz CT molecular complexity index is 880. The Balaban J connectivity index is 1.55. The zero-order chi connectivity index (χ0) is 17.6. The van der Waals surface area contributed by atoms with E-state index in [-0.39, 0.29) is 24.5 Å². The number of urea groups is 1. The van der Waals surface area contributed by atoms with Crippen molar-refractivity contribution in [2.24, 2.45) is 0 Å². The van der Waals surface area contributed by atoms with Gasteiger partial charge >= 0.3 is 6.03 Å². The van der Waals surface area contributed by atoms with E-state index in [1.807, 2.05) is 24.3 Å². The van der Waals surface area contributed by atoms with Crippen LogP contribution >= 0.6 is 0 Å². The van der Waals surface area contributed by atoms with Crippen molar-refractivity contribution in [3.8, 4) is 5.75 Å². The van der Waals surface area contributed by atoms with Gasteiger partial charge in [0.25, 0.3) is 0 Å². The van der Waals surface area contributed by atoms with Crippen LogP contribution in [0.3, 0.4) is 0 Å². The van der Waals surface area contributed by atoms with Gasteiger partial charge in [0.15, 0.2) is 0 Å². The molecule has 0 radical (unpaired) electrons. The Morgan fingerprint density at radius 2 is 2.08 bits per heavy atom. The molecule has 0 aliphatic carbocycles. The van der Waals surface area contributed by atoms with E-state index in [2.05, 4.69) is 15.6 Å². The van der Waals surface area contributed by atoms with Crippen molar-refractivity contribution in [1.29, 1.82) is 0 Å². The maximum absolute atomic E-state index is 13.1. The third kappa shape index (κ3) is 4.44. The molecule has 2 aromatic carbocycles. The molecule has 3 rings (SSSR count). The first-order valence-corrected chi connectivity index (χ1v) is 7.91. The average molecular weight is 339 g/mol. The van der Waals surface area contributed by atoms with E-state index >= 15 is 0 Å². The number of carbonyl (C=O) groups is 1. The lowest BCUT2D eigenvalue weighted by atomic mass is 10.1. The Hall–Kier alpha value is -3.15. The van der Waals surface area contributed by atoms with Gasteiger partial charge in [-0.1, -0.05) is 18.2 Å². The van der Waals surface area contributed by atoms with Gasteiger partial charge in [-0.05, 0) is 31.2 Å². The molecule has 0 aliphatic rings. The lowest BCUT2D eigenvalue weighted by Crippen LogP contribution is -2.36. The van der Waals surface area contributed by atoms with Crippen LogP contribution < -0.4 is 15.4 Å². The Morgan fingerprint density at radius 3 is 2.92 bits per heavy atom. The third-order valence-electron chi connectivity index (χ3n) is 3.61. The number of nitrogens with one attached hydrogen (secondary N) is 2. The maximum atomic E-state index is 13.1. The number of amides is 2. The van der Waals surface area contributed by atoms with Crippen LogP contribution in [-0.2, 0) is 0 Å². The molecular weight excluding hydrogens is 321 g/mol. The summed E-state index contributed by atoms with van der Waals surface area (Å²) in [5, 5.41) is 7.43. The molecule has 0 bridgehead atoms. The van der Waals surface area contributed by atoms with Gasteiger partial charge in [-0.2, -0.15) is 0 Å². The number of halogens is 1. The first-order chi connectivity index (χ1) is 12.1. The molecule has 2 amide bonds. The van der Waals surface area contributed by atoms with E-state index < -0.39 is 0 Å². The first kappa shape index (κ1) is 16.7. The van der Waals surface area contributed by atoms with E-state index in [9.17, 15) is 9.18 Å². The number of nitrogens with zero attached hydrogens (tertiary/aromatic N) is 1. The predicted octanol–water partition coefficient (Wildman–Crippen LogP) is 3.96. The van der Waals surface area contributed by atoms with Crippen molar-refractivity contribution in [2.75, 3.05) is 11.9 Å². The van der Waals surface area contributed by atoms with Crippen molar-refractivity contribution >= 4 is 22.5 Å². The summed E-state index contributed by atoms with van der Waals surface area (Å²) in [5.41, 5.74) is 0.705. The summed E-state index contributed by atoms with van der Waals surface area (Å²) >= 11 is 0. The van der Waals surface area contributed by atoms with E-state index in [0.717, 1.165) is 10.8 Å². The maximum Gasteiger partial charge on any atom is 0.319 e. The highest BCUT2D eigenvalue weighted by atomic mass is 19.1. The zero-order valence-corrected chi connectivity index (χ0v) is 13.7. The molecule has 0 aliphatic heterocycles. The number of pyridine rings is 1. The molecule has 0 spiro atoms. The summed E-state index contributed by atoms with van der Waals surface area (Å²) in [6.45, 7) is 2.09. The van der Waals surface area contributed by atoms with Gasteiger partial charge in [0.2, 0.25) is 0 Å². The van der Waals surface area contributed by atoms with Gasteiger partial charge in [-0.25, -0.2) is 9.18 Å². The number of carbonyl (C=O) groups excluding carboxylic acids is 1. The summed E-state index contributed by atoms with van der Waals surface area (Å²) in [6, 6.07) is 13.0. The number of rotatable bonds is 5. The van der Waals surface area contributed by atoms with Crippen LogP contribution in [0, 0.1) is 5.82 Å². The number of ether oxygens (including phenoxy) is 1. The number of anilines is 1. The summed E-state index contributed by atoms with van der Waals surface area (Å²) in [7, 11) is 0. The van der Waals surface area contributed by atoms with Crippen molar-refractivity contribution < 1.29 is 13.9 Å². The summed E-state index contributed by atoms with van der Waals surface area (Å²) in [4.78, 5) is 16.2. The highest BCUT2D eigenvalue weighted by Gasteiger charge is 2.09. The lowest BCUT2D eigenvalue weighted by Gasteiger charge is -2.16. The van der Waals surface area contributed by atoms with Crippen LogP contribution in [0.25, 0.3) is 10.8 Å². The standard InChI is InChI=1S/C19H18FN3O2/c1-13(25-16-6-3-5-15(20)10-16)11-22-19(24)23-18-7-2-4-14-12-21-9-8-17(14)18/h2-10,12-13H,11H2,1H3,(H2,22,23,24)/t13-/m1/s1. The van der Waals surface area contributed by atoms with Crippen LogP contribution in [0.15, 0.2) is 60.9 Å². The fourth-order valence-corrected chi connectivity index (χ4v) is 2.45. The van der Waals surface area contributed by atoms with Crippen LogP contribution in [-0.4, -0.2) is 23.7 Å². The molecule has 128 valence electrons. The Kier molecular flexibility index (Phi) is 5.09. The Morgan fingerprint density at radius 1 is 1.24 bits per heavy atom. The second kappa shape index (κ2) is 7.61. The van der Waals surface area contributed by atoms with E-state index in [0.29, 0.717) is 11.4 Å². The van der Waals surface area contributed by atoms with Gasteiger partial charge in [-0.3, -0.25) is 4.98 Å². The molecule has 0 saturated carbocycles. The van der Waals surface area contributed by atoms with Gasteiger partial charge in [0, 0.05) is 29.2 Å². The normalized spacial score (nSPS) is 11.8. The van der Waals surface area contributed by atoms with E-state index in [4.69, 9.17) is 4.74 Å². The summed E-state index contributed by atoms with van der Waals surface area (Å²) < 4.78 is 18.7. The lowest BCUT2D eigenvalue weighted by molar-refractivity contribution is 0.211. The molecule has 0 fully saturated rings. The molecule has 25 heavy (non-hydrogen) atoms. The molecule has 5 nitrogen and oxygen atoms in total. The van der Waals surface area contributed by atoms with Crippen molar-refractivity contribution in [3.63, 3.8) is 0 Å². The third-order valence-corrected chi connectivity index (χ3v) is 3.61. The number of benzene rings is 2. The molecule has 2 N–H and O–H groups in total. The fraction of sp³-hybridized carbons (Fsp3) is 0.158. The molecule has 3 aromatic rings. The highest BCUT2D eigenvalue weighted by molar-refractivity contribution is 6.01. The summed E-state index contributed by atoms with van der Waals surface area (Å²) in [6.07, 6.45) is 3.12. The zero-order valence-electron chi connectivity index (χ0n) is 13.7. The van der Waals surface area contributed by atoms with Crippen LogP contribution in [0.2, 0.25) is 0 Å². The predicted molar refractivity (Wildman–Crippen MR) is 95.3 cm³/mol. The van der Waals surface area contributed by atoms with Crippen LogP contribution in [0.1, 0.15) is 6.92 Å². The minimum atomic E-state index is -0.360. The van der Waals surface area contributed by atoms with Crippen molar-refractivity contribution in [2.45, 2.75) is 13.0 Å². The van der Waals surface area contributed by atoms with Crippen molar-refractivity contribution in [3.05, 3.63) is 66.7 Å². The van der Waals surface area contributed by atoms with Crippen molar-refractivity contribution in [1.82, 2.24) is 10.3 Å². The molecular formula is C19H18FN3O2. The summed E-state index contributed by atoms with van der Waals surface area (Å²) in [5.74, 6) is 0.0668. The van der Waals surface area contributed by atoms with Gasteiger partial charge < -0.3 is 15.4 Å². The second-order valence-electron chi connectivity index (χ2n) is 5.62. The van der Waals surface area contributed by atoms with E-state index in [1.54, 1.807) is 31.5 Å². The quantitative estimate of drug-likeness (QED) is 0.739. The molecule has 0 unspecified atom stereocenters. The molecule has 0 saturated heterocycles. The Labute approximate surface area is 144 Å².